The van der Waals surface area contributed by atoms with Gasteiger partial charge in [-0.2, -0.15) is 0 Å². The minimum absolute atomic E-state index is 0. The molecule has 22 heavy (non-hydrogen) atoms. The van der Waals surface area contributed by atoms with Crippen LogP contribution in [0.4, 0.5) is 0 Å². The molecule has 1 atom stereocenters. The molecule has 0 bridgehead atoms. The zero-order valence-corrected chi connectivity index (χ0v) is 14.7. The van der Waals surface area contributed by atoms with E-state index in [1.807, 2.05) is 12.1 Å². The fraction of sp³-hybridized carbons (Fsp3) is 0.625. The van der Waals surface area contributed by atoms with E-state index in [9.17, 15) is 0 Å². The molecule has 1 fully saturated rings. The molecular weight excluding hydrogens is 323 g/mol. The molecule has 0 saturated carbocycles. The number of halogens is 2. The smallest absolute Gasteiger partial charge is 0.179 e. The summed E-state index contributed by atoms with van der Waals surface area (Å²) in [7, 11) is 0. The molecule has 2 heterocycles. The Kier molecular flexibility index (Phi) is 5.49. The Morgan fingerprint density at radius 1 is 1.32 bits per heavy atom. The highest BCUT2D eigenvalue weighted by Crippen LogP contribution is 2.39. The first-order valence-electron chi connectivity index (χ1n) is 7.52. The monoisotopic (exact) mass is 346 g/mol. The van der Waals surface area contributed by atoms with Crippen LogP contribution in [0.25, 0.3) is 0 Å². The Balaban J connectivity index is 0.00000176. The van der Waals surface area contributed by atoms with Gasteiger partial charge >= 0.3 is 0 Å². The number of likely N-dealkylation sites (tertiary alicyclic amines) is 1. The molecule has 3 rings (SSSR count). The Labute approximate surface area is 143 Å². The molecule has 6 heteroatoms. The van der Waals surface area contributed by atoms with Gasteiger partial charge in [-0.05, 0) is 29.5 Å². The maximum Gasteiger partial charge on any atom is 0.179 e. The van der Waals surface area contributed by atoms with Gasteiger partial charge in [0, 0.05) is 25.7 Å². The van der Waals surface area contributed by atoms with E-state index in [1.54, 1.807) is 0 Å². The summed E-state index contributed by atoms with van der Waals surface area (Å²) in [6, 6.07) is 4.30. The lowest BCUT2D eigenvalue weighted by molar-refractivity contribution is 0.0896. The normalized spacial score (nSPS) is 23.7. The summed E-state index contributed by atoms with van der Waals surface area (Å²) < 4.78 is 11.2. The van der Waals surface area contributed by atoms with E-state index in [1.165, 1.54) is 0 Å². The van der Waals surface area contributed by atoms with Crippen LogP contribution in [-0.4, -0.2) is 37.2 Å². The van der Waals surface area contributed by atoms with Crippen molar-refractivity contribution in [2.75, 3.05) is 26.3 Å². The van der Waals surface area contributed by atoms with Crippen LogP contribution in [0.15, 0.2) is 12.1 Å². The Morgan fingerprint density at radius 3 is 2.77 bits per heavy atom. The maximum atomic E-state index is 6.30. The average Bonchev–Trinajstić information content (AvgIpc) is 2.43. The van der Waals surface area contributed by atoms with E-state index in [0.717, 1.165) is 37.4 Å². The third-order valence-electron chi connectivity index (χ3n) is 4.45. The second kappa shape index (κ2) is 6.83. The van der Waals surface area contributed by atoms with E-state index in [2.05, 4.69) is 18.7 Å². The number of piperidine rings is 1. The molecule has 2 aliphatic rings. The average molecular weight is 347 g/mol. The number of rotatable bonds is 2. The standard InChI is InChI=1S/C16H23ClN2O2.ClH/c1-16(2)10-19(4-3-14(16)18)9-11-7-12(17)15-13(8-11)20-5-6-21-15;/h7-8,14H,3-6,9-10,18H2,1-2H3;1H. The van der Waals surface area contributed by atoms with E-state index in [0.29, 0.717) is 24.0 Å². The van der Waals surface area contributed by atoms with Crippen molar-refractivity contribution in [1.82, 2.24) is 4.90 Å². The highest BCUT2D eigenvalue weighted by atomic mass is 35.5. The molecule has 124 valence electrons. The fourth-order valence-corrected chi connectivity index (χ4v) is 3.42. The van der Waals surface area contributed by atoms with Crippen LogP contribution < -0.4 is 15.2 Å². The minimum Gasteiger partial charge on any atom is -0.486 e. The highest BCUT2D eigenvalue weighted by molar-refractivity contribution is 6.32. The van der Waals surface area contributed by atoms with Crippen molar-refractivity contribution in [2.24, 2.45) is 11.1 Å². The molecule has 0 aromatic heterocycles. The second-order valence-electron chi connectivity index (χ2n) is 6.70. The van der Waals surface area contributed by atoms with Crippen molar-refractivity contribution in [1.29, 1.82) is 0 Å². The van der Waals surface area contributed by atoms with Gasteiger partial charge in [-0.3, -0.25) is 4.90 Å². The molecule has 2 N–H and O–H groups in total. The van der Waals surface area contributed by atoms with Crippen molar-refractivity contribution in [3.63, 3.8) is 0 Å². The first-order chi connectivity index (χ1) is 9.95. The summed E-state index contributed by atoms with van der Waals surface area (Å²) >= 11 is 6.30. The first-order valence-corrected chi connectivity index (χ1v) is 7.89. The zero-order valence-electron chi connectivity index (χ0n) is 13.1. The van der Waals surface area contributed by atoms with Crippen LogP contribution in [0.3, 0.4) is 0 Å². The van der Waals surface area contributed by atoms with Crippen molar-refractivity contribution in [3.8, 4) is 11.5 Å². The number of nitrogens with two attached hydrogens (primary N) is 1. The molecular formula is C16H24Cl2N2O2. The summed E-state index contributed by atoms with van der Waals surface area (Å²) in [6.07, 6.45) is 1.03. The second-order valence-corrected chi connectivity index (χ2v) is 7.10. The number of hydrogen-bond donors (Lipinski definition) is 1. The predicted molar refractivity (Wildman–Crippen MR) is 91.3 cm³/mol. The molecule has 0 radical (unpaired) electrons. The maximum absolute atomic E-state index is 6.30. The van der Waals surface area contributed by atoms with Gasteiger partial charge in [-0.25, -0.2) is 0 Å². The fourth-order valence-electron chi connectivity index (χ4n) is 3.13. The van der Waals surface area contributed by atoms with Crippen LogP contribution in [0.5, 0.6) is 11.5 Å². The lowest BCUT2D eigenvalue weighted by Gasteiger charge is -2.42. The van der Waals surface area contributed by atoms with Crippen molar-refractivity contribution >= 4 is 24.0 Å². The lowest BCUT2D eigenvalue weighted by Crippen LogP contribution is -2.52. The molecule has 1 unspecified atom stereocenters. The van der Waals surface area contributed by atoms with Crippen LogP contribution in [-0.2, 0) is 6.54 Å². The number of benzene rings is 1. The molecule has 1 aromatic carbocycles. The molecule has 2 aliphatic heterocycles. The van der Waals surface area contributed by atoms with Crippen LogP contribution in [0.2, 0.25) is 5.02 Å². The summed E-state index contributed by atoms with van der Waals surface area (Å²) in [5, 5.41) is 0.634. The van der Waals surface area contributed by atoms with Crippen molar-refractivity contribution < 1.29 is 9.47 Å². The first kappa shape index (κ1) is 17.7. The lowest BCUT2D eigenvalue weighted by atomic mass is 9.79. The van der Waals surface area contributed by atoms with E-state index >= 15 is 0 Å². The van der Waals surface area contributed by atoms with Crippen molar-refractivity contribution in [3.05, 3.63) is 22.7 Å². The zero-order chi connectivity index (χ0) is 15.0. The molecule has 4 nitrogen and oxygen atoms in total. The summed E-state index contributed by atoms with van der Waals surface area (Å²) in [6.45, 7) is 8.51. The Morgan fingerprint density at radius 2 is 2.05 bits per heavy atom. The van der Waals surface area contributed by atoms with Gasteiger partial charge < -0.3 is 15.2 Å². The molecule has 1 aromatic rings. The van der Waals surface area contributed by atoms with Gasteiger partial charge in [-0.1, -0.05) is 25.4 Å². The summed E-state index contributed by atoms with van der Waals surface area (Å²) in [4.78, 5) is 2.44. The summed E-state index contributed by atoms with van der Waals surface area (Å²) in [5.41, 5.74) is 7.51. The molecule has 0 aliphatic carbocycles. The number of ether oxygens (including phenoxy) is 2. The number of nitrogens with zero attached hydrogens (tertiary/aromatic N) is 1. The Hall–Kier alpha value is -0.680. The van der Waals surface area contributed by atoms with Gasteiger partial charge in [0.1, 0.15) is 13.2 Å². The number of fused-ring (bicyclic) bond motifs is 1. The van der Waals surface area contributed by atoms with Crippen molar-refractivity contribution in [2.45, 2.75) is 32.9 Å². The Bertz CT molecular complexity index is 537. The van der Waals surface area contributed by atoms with Gasteiger partial charge in [0.2, 0.25) is 0 Å². The van der Waals surface area contributed by atoms with Crippen LogP contribution in [0.1, 0.15) is 25.8 Å². The SMILES string of the molecule is CC1(C)CN(Cc2cc(Cl)c3c(c2)OCCO3)CCC1N.Cl. The van der Waals surface area contributed by atoms with Crippen LogP contribution in [0, 0.1) is 5.41 Å². The van der Waals surface area contributed by atoms with Gasteiger partial charge in [-0.15, -0.1) is 12.4 Å². The number of hydrogen-bond acceptors (Lipinski definition) is 4. The highest BCUT2D eigenvalue weighted by Gasteiger charge is 2.33. The third kappa shape index (κ3) is 3.62. The van der Waals surface area contributed by atoms with Crippen LogP contribution >= 0.6 is 24.0 Å². The van der Waals surface area contributed by atoms with E-state index < -0.39 is 0 Å². The molecule has 0 spiro atoms. The van der Waals surface area contributed by atoms with Gasteiger partial charge in [0.05, 0.1) is 5.02 Å². The largest absolute Gasteiger partial charge is 0.486 e. The third-order valence-corrected chi connectivity index (χ3v) is 4.73. The minimum atomic E-state index is 0. The van der Waals surface area contributed by atoms with E-state index in [-0.39, 0.29) is 23.9 Å². The predicted octanol–water partition coefficient (Wildman–Crippen LogP) is 3.09. The van der Waals surface area contributed by atoms with Gasteiger partial charge in [0.25, 0.3) is 0 Å². The molecule has 0 amide bonds. The topological polar surface area (TPSA) is 47.7 Å². The van der Waals surface area contributed by atoms with E-state index in [4.69, 9.17) is 26.8 Å². The molecule has 1 saturated heterocycles. The quantitative estimate of drug-likeness (QED) is 0.893. The summed E-state index contributed by atoms with van der Waals surface area (Å²) in [5.74, 6) is 1.43. The van der Waals surface area contributed by atoms with Gasteiger partial charge in [0.15, 0.2) is 11.5 Å².